The largest absolute Gasteiger partial charge is 0.494 e. The zero-order valence-corrected chi connectivity index (χ0v) is 13.5. The van der Waals surface area contributed by atoms with Crippen molar-refractivity contribution in [3.8, 4) is 17.0 Å². The molecule has 0 saturated carbocycles. The average molecular weight is 316 g/mol. The van der Waals surface area contributed by atoms with Crippen LogP contribution >= 0.6 is 0 Å². The van der Waals surface area contributed by atoms with Gasteiger partial charge >= 0.3 is 5.97 Å². The fourth-order valence-electron chi connectivity index (χ4n) is 2.11. The van der Waals surface area contributed by atoms with Crippen molar-refractivity contribution >= 4 is 5.97 Å². The second-order valence-corrected chi connectivity index (χ2v) is 4.89. The maximum absolute atomic E-state index is 12.0. The Kier molecular flexibility index (Phi) is 5.51. The molecule has 6 heteroatoms. The maximum Gasteiger partial charge on any atom is 0.330 e. The van der Waals surface area contributed by atoms with Gasteiger partial charge in [0, 0.05) is 11.6 Å². The average Bonchev–Trinajstić information content (AvgIpc) is 2.56. The number of carbonyl (C=O) groups excluding carboxylic acids is 1. The summed E-state index contributed by atoms with van der Waals surface area (Å²) in [5.41, 5.74) is 1.09. The topological polar surface area (TPSA) is 70.4 Å². The van der Waals surface area contributed by atoms with E-state index in [1.807, 2.05) is 31.2 Å². The smallest absolute Gasteiger partial charge is 0.330 e. The molecule has 0 bridgehead atoms. The van der Waals surface area contributed by atoms with Crippen LogP contribution in [0.3, 0.4) is 0 Å². The number of aromatic nitrogens is 2. The van der Waals surface area contributed by atoms with Crippen LogP contribution in [0.1, 0.15) is 26.8 Å². The van der Waals surface area contributed by atoms with Crippen LogP contribution in [-0.4, -0.2) is 29.0 Å². The van der Waals surface area contributed by atoms with Gasteiger partial charge in [0.15, 0.2) is 6.04 Å². The van der Waals surface area contributed by atoms with Gasteiger partial charge in [-0.1, -0.05) is 0 Å². The first-order valence-electron chi connectivity index (χ1n) is 7.56. The lowest BCUT2D eigenvalue weighted by molar-refractivity contribution is -0.147. The van der Waals surface area contributed by atoms with Crippen molar-refractivity contribution in [1.82, 2.24) is 9.78 Å². The van der Waals surface area contributed by atoms with E-state index >= 15 is 0 Å². The number of carbonyl (C=O) groups is 1. The summed E-state index contributed by atoms with van der Waals surface area (Å²) in [6, 6.07) is 9.65. The van der Waals surface area contributed by atoms with Crippen molar-refractivity contribution in [2.45, 2.75) is 26.8 Å². The van der Waals surface area contributed by atoms with Crippen molar-refractivity contribution in [1.29, 1.82) is 0 Å². The maximum atomic E-state index is 12.0. The highest BCUT2D eigenvalue weighted by Crippen LogP contribution is 2.20. The SMILES string of the molecule is CCOC(=O)C(C)n1nc(-c2ccc(OCC)cc2)ccc1=O. The molecule has 2 aromatic rings. The molecule has 0 aliphatic carbocycles. The van der Waals surface area contributed by atoms with E-state index in [4.69, 9.17) is 9.47 Å². The molecule has 1 aromatic carbocycles. The zero-order valence-electron chi connectivity index (χ0n) is 13.5. The molecule has 1 heterocycles. The summed E-state index contributed by atoms with van der Waals surface area (Å²) in [5.74, 6) is 0.287. The first-order chi connectivity index (χ1) is 11.1. The Morgan fingerprint density at radius 3 is 2.43 bits per heavy atom. The molecule has 1 aromatic heterocycles. The number of hydrogen-bond donors (Lipinski definition) is 0. The van der Waals surface area contributed by atoms with Gasteiger partial charge in [0.1, 0.15) is 5.75 Å². The highest BCUT2D eigenvalue weighted by molar-refractivity contribution is 5.73. The summed E-state index contributed by atoms with van der Waals surface area (Å²) in [6.07, 6.45) is 0. The van der Waals surface area contributed by atoms with E-state index in [0.29, 0.717) is 12.3 Å². The number of ether oxygens (including phenoxy) is 2. The predicted octanol–water partition coefficient (Wildman–Crippen LogP) is 2.43. The summed E-state index contributed by atoms with van der Waals surface area (Å²) in [5, 5.41) is 4.28. The van der Waals surface area contributed by atoms with Crippen LogP contribution in [0, 0.1) is 0 Å². The quantitative estimate of drug-likeness (QED) is 0.766. The first kappa shape index (κ1) is 16.7. The second kappa shape index (κ2) is 7.58. The lowest BCUT2D eigenvalue weighted by atomic mass is 10.1. The van der Waals surface area contributed by atoms with Crippen LogP contribution in [-0.2, 0) is 9.53 Å². The third-order valence-corrected chi connectivity index (χ3v) is 3.28. The van der Waals surface area contributed by atoms with E-state index in [1.54, 1.807) is 19.9 Å². The van der Waals surface area contributed by atoms with Crippen LogP contribution < -0.4 is 10.3 Å². The Hall–Kier alpha value is -2.63. The molecule has 23 heavy (non-hydrogen) atoms. The van der Waals surface area contributed by atoms with E-state index in [2.05, 4.69) is 5.10 Å². The molecule has 0 aliphatic rings. The molecule has 0 amide bonds. The van der Waals surface area contributed by atoms with Gasteiger partial charge in [-0.25, -0.2) is 9.48 Å². The van der Waals surface area contributed by atoms with E-state index < -0.39 is 12.0 Å². The van der Waals surface area contributed by atoms with Crippen molar-refractivity contribution in [3.63, 3.8) is 0 Å². The number of rotatable bonds is 6. The number of nitrogens with zero attached hydrogens (tertiary/aromatic N) is 2. The molecule has 122 valence electrons. The molecule has 1 atom stereocenters. The molecule has 0 aliphatic heterocycles. The molecular weight excluding hydrogens is 296 g/mol. The third kappa shape index (κ3) is 3.97. The molecule has 2 rings (SSSR count). The Morgan fingerprint density at radius 2 is 1.83 bits per heavy atom. The monoisotopic (exact) mass is 316 g/mol. The Labute approximate surface area is 134 Å². The van der Waals surface area contributed by atoms with E-state index in [9.17, 15) is 9.59 Å². The second-order valence-electron chi connectivity index (χ2n) is 4.89. The number of hydrogen-bond acceptors (Lipinski definition) is 5. The molecule has 6 nitrogen and oxygen atoms in total. The lowest BCUT2D eigenvalue weighted by Gasteiger charge is -2.13. The highest BCUT2D eigenvalue weighted by Gasteiger charge is 2.19. The van der Waals surface area contributed by atoms with Gasteiger partial charge in [-0.3, -0.25) is 4.79 Å². The standard InChI is InChI=1S/C17H20N2O4/c1-4-22-14-8-6-13(7-9-14)15-10-11-16(20)19(18-15)12(3)17(21)23-5-2/h6-12H,4-5H2,1-3H3. The minimum absolute atomic E-state index is 0.260. The zero-order chi connectivity index (χ0) is 16.8. The van der Waals surface area contributed by atoms with Gasteiger partial charge in [0.2, 0.25) is 0 Å². The number of benzene rings is 1. The highest BCUT2D eigenvalue weighted by atomic mass is 16.5. The molecule has 0 spiro atoms. The van der Waals surface area contributed by atoms with Crippen molar-refractivity contribution in [3.05, 3.63) is 46.8 Å². The molecular formula is C17H20N2O4. The van der Waals surface area contributed by atoms with Crippen LogP contribution in [0.15, 0.2) is 41.2 Å². The summed E-state index contributed by atoms with van der Waals surface area (Å²) >= 11 is 0. The molecule has 0 saturated heterocycles. The van der Waals surface area contributed by atoms with E-state index in [-0.39, 0.29) is 12.2 Å². The van der Waals surface area contributed by atoms with Gasteiger partial charge in [-0.05, 0) is 51.1 Å². The van der Waals surface area contributed by atoms with Crippen LogP contribution in [0.4, 0.5) is 0 Å². The summed E-state index contributed by atoms with van der Waals surface area (Å²) in [4.78, 5) is 23.8. The first-order valence-corrected chi connectivity index (χ1v) is 7.56. The summed E-state index contributed by atoms with van der Waals surface area (Å²) in [6.45, 7) is 6.09. The normalized spacial score (nSPS) is 11.8. The Balaban J connectivity index is 2.32. The molecule has 0 radical (unpaired) electrons. The van der Waals surface area contributed by atoms with Gasteiger partial charge in [-0.15, -0.1) is 0 Å². The van der Waals surface area contributed by atoms with Crippen molar-refractivity contribution in [2.75, 3.05) is 13.2 Å². The minimum Gasteiger partial charge on any atom is -0.494 e. The molecule has 0 fully saturated rings. The minimum atomic E-state index is -0.773. The fraction of sp³-hybridized carbons (Fsp3) is 0.353. The predicted molar refractivity (Wildman–Crippen MR) is 86.4 cm³/mol. The molecule has 0 N–H and O–H groups in total. The van der Waals surface area contributed by atoms with Crippen molar-refractivity contribution < 1.29 is 14.3 Å². The van der Waals surface area contributed by atoms with Crippen molar-refractivity contribution in [2.24, 2.45) is 0 Å². The fourth-order valence-corrected chi connectivity index (χ4v) is 2.11. The lowest BCUT2D eigenvalue weighted by Crippen LogP contribution is -2.31. The third-order valence-electron chi connectivity index (χ3n) is 3.28. The summed E-state index contributed by atoms with van der Waals surface area (Å²) in [7, 11) is 0. The van der Waals surface area contributed by atoms with Crippen LogP contribution in [0.25, 0.3) is 11.3 Å². The Bertz CT molecular complexity index is 722. The van der Waals surface area contributed by atoms with Gasteiger partial charge in [0.25, 0.3) is 5.56 Å². The van der Waals surface area contributed by atoms with E-state index in [1.165, 1.54) is 6.07 Å². The van der Waals surface area contributed by atoms with Crippen LogP contribution in [0.2, 0.25) is 0 Å². The Morgan fingerprint density at radius 1 is 1.13 bits per heavy atom. The van der Waals surface area contributed by atoms with Crippen LogP contribution in [0.5, 0.6) is 5.75 Å². The molecule has 1 unspecified atom stereocenters. The van der Waals surface area contributed by atoms with Gasteiger partial charge < -0.3 is 9.47 Å². The van der Waals surface area contributed by atoms with Gasteiger partial charge in [0.05, 0.1) is 18.9 Å². The number of esters is 1. The van der Waals surface area contributed by atoms with Gasteiger partial charge in [-0.2, -0.15) is 5.10 Å². The van der Waals surface area contributed by atoms with E-state index in [0.717, 1.165) is 16.0 Å². The summed E-state index contributed by atoms with van der Waals surface area (Å²) < 4.78 is 11.5.